The highest BCUT2D eigenvalue weighted by atomic mass is 32.2. The van der Waals surface area contributed by atoms with Crippen molar-refractivity contribution in [1.29, 1.82) is 0 Å². The number of para-hydroxylation sites is 1. The molecule has 0 spiro atoms. The normalized spacial score (nSPS) is 16.3. The molecule has 27 heavy (non-hydrogen) atoms. The summed E-state index contributed by atoms with van der Waals surface area (Å²) in [6, 6.07) is 11.7. The fourth-order valence-electron chi connectivity index (χ4n) is 3.11. The van der Waals surface area contributed by atoms with Gasteiger partial charge in [0.05, 0.1) is 5.25 Å². The SMILES string of the molecule is C=CCn1c(SC2CCc3ccccc3NC2=O)nnc1-c1ccncc1. The maximum absolute atomic E-state index is 12.7. The van der Waals surface area contributed by atoms with E-state index in [0.29, 0.717) is 11.7 Å². The standard InChI is InChI=1S/C20H19N5OS/c1-2-13-25-18(15-9-11-21-12-10-15)23-24-20(25)27-17-8-7-14-5-3-4-6-16(14)22-19(17)26/h2-6,9-12,17H,1,7-8,13H2,(H,22,26). The molecule has 0 fully saturated rings. The second kappa shape index (κ2) is 7.75. The molecule has 2 aromatic heterocycles. The zero-order valence-corrected chi connectivity index (χ0v) is 15.5. The van der Waals surface area contributed by atoms with Gasteiger partial charge in [-0.2, -0.15) is 0 Å². The molecular formula is C20H19N5OS. The van der Waals surface area contributed by atoms with E-state index >= 15 is 0 Å². The van der Waals surface area contributed by atoms with Crippen LogP contribution in [0.1, 0.15) is 12.0 Å². The fraction of sp³-hybridized carbons (Fsp3) is 0.200. The van der Waals surface area contributed by atoms with Crippen LogP contribution in [0, 0.1) is 0 Å². The summed E-state index contributed by atoms with van der Waals surface area (Å²) in [5.74, 6) is 0.751. The second-order valence-electron chi connectivity index (χ2n) is 6.23. The zero-order chi connectivity index (χ0) is 18.6. The number of hydrogen-bond acceptors (Lipinski definition) is 5. The van der Waals surface area contributed by atoms with Crippen LogP contribution in [0.3, 0.4) is 0 Å². The Balaban J connectivity index is 1.60. The molecule has 0 bridgehead atoms. The molecule has 0 saturated carbocycles. The first kappa shape index (κ1) is 17.5. The molecule has 0 radical (unpaired) electrons. The average Bonchev–Trinajstić information content (AvgIpc) is 3.01. The van der Waals surface area contributed by atoms with Crippen molar-refractivity contribution in [3.8, 4) is 11.4 Å². The Morgan fingerprint density at radius 2 is 2.04 bits per heavy atom. The molecule has 1 aliphatic rings. The number of pyridine rings is 1. The van der Waals surface area contributed by atoms with Gasteiger partial charge in [-0.1, -0.05) is 36.0 Å². The van der Waals surface area contributed by atoms with E-state index in [9.17, 15) is 4.79 Å². The Labute approximate surface area is 161 Å². The summed E-state index contributed by atoms with van der Waals surface area (Å²) in [4.78, 5) is 16.8. The Bertz CT molecular complexity index is 970. The highest BCUT2D eigenvalue weighted by molar-refractivity contribution is 8.00. The van der Waals surface area contributed by atoms with Crippen molar-refractivity contribution in [3.05, 3.63) is 67.0 Å². The highest BCUT2D eigenvalue weighted by Gasteiger charge is 2.27. The number of nitrogens with one attached hydrogen (secondary N) is 1. The molecule has 1 atom stereocenters. The van der Waals surface area contributed by atoms with Crippen molar-refractivity contribution in [2.75, 3.05) is 5.32 Å². The summed E-state index contributed by atoms with van der Waals surface area (Å²) >= 11 is 1.45. The monoisotopic (exact) mass is 377 g/mol. The predicted molar refractivity (Wildman–Crippen MR) is 106 cm³/mol. The average molecular weight is 377 g/mol. The second-order valence-corrected chi connectivity index (χ2v) is 7.40. The van der Waals surface area contributed by atoms with E-state index in [2.05, 4.69) is 33.1 Å². The number of rotatable bonds is 5. The molecule has 4 rings (SSSR count). The molecule has 1 aliphatic heterocycles. The molecule has 1 unspecified atom stereocenters. The summed E-state index contributed by atoms with van der Waals surface area (Å²) in [6.45, 7) is 4.41. The van der Waals surface area contributed by atoms with Gasteiger partial charge in [-0.15, -0.1) is 16.8 Å². The minimum Gasteiger partial charge on any atom is -0.325 e. The van der Waals surface area contributed by atoms with E-state index in [0.717, 1.165) is 29.9 Å². The van der Waals surface area contributed by atoms with Gasteiger partial charge in [-0.05, 0) is 36.6 Å². The number of carbonyl (C=O) groups excluding carboxylic acids is 1. The van der Waals surface area contributed by atoms with Crippen LogP contribution in [0.25, 0.3) is 11.4 Å². The summed E-state index contributed by atoms with van der Waals surface area (Å²) < 4.78 is 1.98. The van der Waals surface area contributed by atoms with Gasteiger partial charge in [0.1, 0.15) is 0 Å². The lowest BCUT2D eigenvalue weighted by molar-refractivity contribution is -0.115. The van der Waals surface area contributed by atoms with Crippen LogP contribution < -0.4 is 5.32 Å². The molecule has 1 aromatic carbocycles. The number of benzene rings is 1. The third kappa shape index (κ3) is 3.64. The first-order chi connectivity index (χ1) is 13.3. The molecule has 136 valence electrons. The topological polar surface area (TPSA) is 72.7 Å². The van der Waals surface area contributed by atoms with Crippen molar-refractivity contribution in [1.82, 2.24) is 19.7 Å². The van der Waals surface area contributed by atoms with Gasteiger partial charge in [-0.3, -0.25) is 14.3 Å². The van der Waals surface area contributed by atoms with E-state index < -0.39 is 0 Å². The van der Waals surface area contributed by atoms with Gasteiger partial charge in [0.2, 0.25) is 5.91 Å². The lowest BCUT2D eigenvalue weighted by Crippen LogP contribution is -2.24. The van der Waals surface area contributed by atoms with Crippen molar-refractivity contribution >= 4 is 23.4 Å². The van der Waals surface area contributed by atoms with E-state index in [1.165, 1.54) is 17.3 Å². The van der Waals surface area contributed by atoms with E-state index in [-0.39, 0.29) is 11.2 Å². The quantitative estimate of drug-likeness (QED) is 0.688. The Morgan fingerprint density at radius 3 is 2.85 bits per heavy atom. The van der Waals surface area contributed by atoms with Crippen LogP contribution in [0.15, 0.2) is 66.6 Å². The summed E-state index contributed by atoms with van der Waals surface area (Å²) in [5, 5.41) is 12.2. The van der Waals surface area contributed by atoms with E-state index in [1.54, 1.807) is 18.5 Å². The molecule has 1 N–H and O–H groups in total. The molecule has 6 nitrogen and oxygen atoms in total. The number of fused-ring (bicyclic) bond motifs is 1. The minimum atomic E-state index is -0.226. The van der Waals surface area contributed by atoms with Gasteiger partial charge in [0.25, 0.3) is 0 Å². The van der Waals surface area contributed by atoms with Crippen molar-refractivity contribution < 1.29 is 4.79 Å². The summed E-state index contributed by atoms with van der Waals surface area (Å²) in [7, 11) is 0. The van der Waals surface area contributed by atoms with Gasteiger partial charge < -0.3 is 5.32 Å². The first-order valence-corrected chi connectivity index (χ1v) is 9.64. The molecule has 7 heteroatoms. The number of hydrogen-bond donors (Lipinski definition) is 1. The van der Waals surface area contributed by atoms with Crippen molar-refractivity contribution in [3.63, 3.8) is 0 Å². The van der Waals surface area contributed by atoms with Gasteiger partial charge in [0.15, 0.2) is 11.0 Å². The van der Waals surface area contributed by atoms with Gasteiger partial charge in [0, 0.05) is 30.2 Å². The van der Waals surface area contributed by atoms with Crippen LogP contribution in [0.4, 0.5) is 5.69 Å². The third-order valence-corrected chi connectivity index (χ3v) is 5.71. The molecule has 3 aromatic rings. The van der Waals surface area contributed by atoms with E-state index in [1.807, 2.05) is 34.9 Å². The van der Waals surface area contributed by atoms with E-state index in [4.69, 9.17) is 0 Å². The molecular weight excluding hydrogens is 358 g/mol. The number of carbonyl (C=O) groups is 1. The first-order valence-electron chi connectivity index (χ1n) is 8.76. The Kier molecular flexibility index (Phi) is 5.02. The number of aromatic nitrogens is 4. The number of nitrogens with zero attached hydrogens (tertiary/aromatic N) is 4. The number of amides is 1. The maximum Gasteiger partial charge on any atom is 0.237 e. The number of thioether (sulfide) groups is 1. The van der Waals surface area contributed by atoms with Gasteiger partial charge >= 0.3 is 0 Å². The third-order valence-electron chi connectivity index (χ3n) is 4.46. The van der Waals surface area contributed by atoms with Crippen LogP contribution in [-0.2, 0) is 17.8 Å². The van der Waals surface area contributed by atoms with Crippen molar-refractivity contribution in [2.45, 2.75) is 29.8 Å². The smallest absolute Gasteiger partial charge is 0.237 e. The predicted octanol–water partition coefficient (Wildman–Crippen LogP) is 3.57. The highest BCUT2D eigenvalue weighted by Crippen LogP contribution is 2.32. The molecule has 0 aliphatic carbocycles. The lowest BCUT2D eigenvalue weighted by atomic mass is 10.1. The zero-order valence-electron chi connectivity index (χ0n) is 14.7. The lowest BCUT2D eigenvalue weighted by Gasteiger charge is -2.13. The minimum absolute atomic E-state index is 0.00330. The van der Waals surface area contributed by atoms with Crippen LogP contribution in [0.5, 0.6) is 0 Å². The fourth-order valence-corrected chi connectivity index (χ4v) is 4.15. The number of aryl methyl sites for hydroxylation is 1. The van der Waals surface area contributed by atoms with Crippen LogP contribution in [-0.4, -0.2) is 30.9 Å². The molecule has 3 heterocycles. The van der Waals surface area contributed by atoms with Crippen molar-refractivity contribution in [2.24, 2.45) is 0 Å². The van der Waals surface area contributed by atoms with Crippen LogP contribution >= 0.6 is 11.8 Å². The number of anilines is 1. The van der Waals surface area contributed by atoms with Gasteiger partial charge in [-0.25, -0.2) is 0 Å². The molecule has 1 amide bonds. The Hall–Kier alpha value is -2.93. The summed E-state index contributed by atoms with van der Waals surface area (Å²) in [6.07, 6.45) is 6.86. The summed E-state index contributed by atoms with van der Waals surface area (Å²) in [5.41, 5.74) is 3.00. The maximum atomic E-state index is 12.7. The number of allylic oxidation sites excluding steroid dienone is 1. The largest absolute Gasteiger partial charge is 0.325 e. The van der Waals surface area contributed by atoms with Crippen LogP contribution in [0.2, 0.25) is 0 Å². The Morgan fingerprint density at radius 1 is 1.22 bits per heavy atom. The molecule has 0 saturated heterocycles.